The molecular weight excluding hydrogens is 274 g/mol. The van der Waals surface area contributed by atoms with Crippen LogP contribution in [0.25, 0.3) is 0 Å². The van der Waals surface area contributed by atoms with Gasteiger partial charge in [-0.1, -0.05) is 13.8 Å². The fourth-order valence-electron chi connectivity index (χ4n) is 1.24. The molecule has 0 bridgehead atoms. The van der Waals surface area contributed by atoms with Gasteiger partial charge in [0.1, 0.15) is 6.04 Å². The van der Waals surface area contributed by atoms with Gasteiger partial charge in [-0.05, 0) is 5.92 Å². The molecule has 3 N–H and O–H groups in total. The van der Waals surface area contributed by atoms with Crippen LogP contribution in [0.1, 0.15) is 20.3 Å². The number of ether oxygens (including phenoxy) is 1. The van der Waals surface area contributed by atoms with Gasteiger partial charge in [0.2, 0.25) is 5.91 Å². The number of nitrogens with two attached hydrogens (primary N) is 1. The number of nitrogens with zero attached hydrogens (tertiary/aromatic N) is 1. The molecule has 1 unspecified atom stereocenters. The standard InChI is InChI=1S/C10H21N3O5S/c1-7(2)9(10(11)15)12-19(16,17)13(3)6-5-8(14)18-4/h7,9,12H,5-6H2,1-4H3,(H2,11,15). The van der Waals surface area contributed by atoms with Gasteiger partial charge in [-0.25, -0.2) is 0 Å². The van der Waals surface area contributed by atoms with Crippen LogP contribution in [0.15, 0.2) is 0 Å². The summed E-state index contributed by atoms with van der Waals surface area (Å²) in [6, 6.07) is -0.995. The quantitative estimate of drug-likeness (QED) is 0.547. The molecule has 0 aromatic rings. The average Bonchev–Trinajstić information content (AvgIpc) is 2.31. The third-order valence-electron chi connectivity index (χ3n) is 2.52. The van der Waals surface area contributed by atoms with Crippen LogP contribution in [0.5, 0.6) is 0 Å². The van der Waals surface area contributed by atoms with Gasteiger partial charge >= 0.3 is 5.97 Å². The van der Waals surface area contributed by atoms with E-state index < -0.39 is 28.1 Å². The molecule has 1 atom stereocenters. The molecule has 0 aliphatic rings. The fourth-order valence-corrected chi connectivity index (χ4v) is 2.46. The van der Waals surface area contributed by atoms with Crippen molar-refractivity contribution in [2.45, 2.75) is 26.3 Å². The summed E-state index contributed by atoms with van der Waals surface area (Å²) in [5, 5.41) is 0. The lowest BCUT2D eigenvalue weighted by atomic mass is 10.1. The van der Waals surface area contributed by atoms with E-state index in [-0.39, 0.29) is 18.9 Å². The van der Waals surface area contributed by atoms with Crippen molar-refractivity contribution in [3.63, 3.8) is 0 Å². The van der Waals surface area contributed by atoms with Crippen molar-refractivity contribution in [2.75, 3.05) is 20.7 Å². The molecule has 0 aliphatic heterocycles. The summed E-state index contributed by atoms with van der Waals surface area (Å²) in [7, 11) is -1.36. The molecule has 0 rings (SSSR count). The SMILES string of the molecule is COC(=O)CCN(C)S(=O)(=O)NC(C(N)=O)C(C)C. The van der Waals surface area contributed by atoms with Crippen molar-refractivity contribution in [2.24, 2.45) is 11.7 Å². The normalized spacial score (nSPS) is 13.6. The lowest BCUT2D eigenvalue weighted by molar-refractivity contribution is -0.140. The van der Waals surface area contributed by atoms with Gasteiger partial charge < -0.3 is 10.5 Å². The zero-order valence-corrected chi connectivity index (χ0v) is 12.4. The van der Waals surface area contributed by atoms with Crippen molar-refractivity contribution < 1.29 is 22.7 Å². The highest BCUT2D eigenvalue weighted by Crippen LogP contribution is 2.05. The van der Waals surface area contributed by atoms with E-state index in [9.17, 15) is 18.0 Å². The minimum Gasteiger partial charge on any atom is -0.469 e. The third kappa shape index (κ3) is 5.99. The largest absolute Gasteiger partial charge is 0.469 e. The molecule has 112 valence electrons. The van der Waals surface area contributed by atoms with Crippen LogP contribution < -0.4 is 10.5 Å². The molecule has 0 aromatic heterocycles. The van der Waals surface area contributed by atoms with E-state index in [4.69, 9.17) is 5.73 Å². The first-order chi connectivity index (χ1) is 8.61. The zero-order valence-electron chi connectivity index (χ0n) is 11.5. The molecule has 19 heavy (non-hydrogen) atoms. The van der Waals surface area contributed by atoms with Gasteiger partial charge in [0.05, 0.1) is 13.5 Å². The zero-order chi connectivity index (χ0) is 15.2. The van der Waals surface area contributed by atoms with Crippen molar-refractivity contribution in [1.29, 1.82) is 0 Å². The molecule has 0 saturated carbocycles. The second-order valence-corrected chi connectivity index (χ2v) is 6.20. The highest BCUT2D eigenvalue weighted by molar-refractivity contribution is 7.87. The summed E-state index contributed by atoms with van der Waals surface area (Å²) in [5.41, 5.74) is 5.13. The van der Waals surface area contributed by atoms with Crippen molar-refractivity contribution in [3.8, 4) is 0 Å². The van der Waals surface area contributed by atoms with Crippen molar-refractivity contribution >= 4 is 22.1 Å². The van der Waals surface area contributed by atoms with E-state index in [1.807, 2.05) is 0 Å². The number of primary amides is 1. The summed E-state index contributed by atoms with van der Waals surface area (Å²) in [5.74, 6) is -1.54. The van der Waals surface area contributed by atoms with Crippen LogP contribution in [-0.4, -0.2) is 51.3 Å². The molecule has 0 radical (unpaired) electrons. The number of esters is 1. The molecule has 8 nitrogen and oxygen atoms in total. The van der Waals surface area contributed by atoms with E-state index in [2.05, 4.69) is 9.46 Å². The molecule has 0 fully saturated rings. The second-order valence-electron chi connectivity index (χ2n) is 4.39. The summed E-state index contributed by atoms with van der Waals surface area (Å²) in [6.45, 7) is 3.30. The van der Waals surface area contributed by atoms with E-state index in [0.717, 1.165) is 4.31 Å². The predicted molar refractivity (Wildman–Crippen MR) is 69.1 cm³/mol. The first-order valence-electron chi connectivity index (χ1n) is 5.71. The summed E-state index contributed by atoms with van der Waals surface area (Å²) >= 11 is 0. The Bertz CT molecular complexity index is 421. The van der Waals surface area contributed by atoms with E-state index in [1.165, 1.54) is 14.2 Å². The number of nitrogens with one attached hydrogen (secondary N) is 1. The molecule has 0 heterocycles. The smallest absolute Gasteiger partial charge is 0.306 e. The van der Waals surface area contributed by atoms with Crippen LogP contribution in [0.4, 0.5) is 0 Å². The van der Waals surface area contributed by atoms with Crippen molar-refractivity contribution in [3.05, 3.63) is 0 Å². The van der Waals surface area contributed by atoms with Crippen LogP contribution in [0.3, 0.4) is 0 Å². The first-order valence-corrected chi connectivity index (χ1v) is 7.15. The maximum Gasteiger partial charge on any atom is 0.306 e. The Labute approximate surface area is 113 Å². The fraction of sp³-hybridized carbons (Fsp3) is 0.800. The van der Waals surface area contributed by atoms with Crippen LogP contribution in [0, 0.1) is 5.92 Å². The van der Waals surface area contributed by atoms with Crippen LogP contribution in [0.2, 0.25) is 0 Å². The Balaban J connectivity index is 4.68. The Morgan fingerprint density at radius 2 is 1.89 bits per heavy atom. The highest BCUT2D eigenvalue weighted by atomic mass is 32.2. The molecule has 0 saturated heterocycles. The lowest BCUT2D eigenvalue weighted by Crippen LogP contribution is -2.51. The molecular formula is C10H21N3O5S. The Morgan fingerprint density at radius 3 is 2.26 bits per heavy atom. The molecule has 0 aromatic carbocycles. The van der Waals surface area contributed by atoms with Gasteiger partial charge in [-0.15, -0.1) is 0 Å². The number of hydrogen-bond acceptors (Lipinski definition) is 5. The molecule has 0 aliphatic carbocycles. The monoisotopic (exact) mass is 295 g/mol. The number of rotatable bonds is 8. The minimum absolute atomic E-state index is 0.0500. The maximum atomic E-state index is 11.9. The van der Waals surface area contributed by atoms with Crippen molar-refractivity contribution in [1.82, 2.24) is 9.03 Å². The number of carbonyl (C=O) groups excluding carboxylic acids is 2. The second kappa shape index (κ2) is 7.41. The molecule has 0 spiro atoms. The highest BCUT2D eigenvalue weighted by Gasteiger charge is 2.28. The van der Waals surface area contributed by atoms with Crippen LogP contribution >= 0.6 is 0 Å². The summed E-state index contributed by atoms with van der Waals surface area (Å²) in [6.07, 6.45) is -0.0726. The van der Waals surface area contributed by atoms with Gasteiger partial charge in [0.15, 0.2) is 0 Å². The number of amides is 1. The summed E-state index contributed by atoms with van der Waals surface area (Å²) < 4.78 is 31.4. The van der Waals surface area contributed by atoms with Gasteiger partial charge in [-0.2, -0.15) is 17.4 Å². The molecule has 1 amide bonds. The van der Waals surface area contributed by atoms with Gasteiger partial charge in [0, 0.05) is 13.6 Å². The Morgan fingerprint density at radius 1 is 1.37 bits per heavy atom. The maximum absolute atomic E-state index is 11.9. The van der Waals surface area contributed by atoms with E-state index in [0.29, 0.717) is 0 Å². The van der Waals surface area contributed by atoms with Gasteiger partial charge in [-0.3, -0.25) is 9.59 Å². The predicted octanol–water partition coefficient (Wildman–Crippen LogP) is -1.17. The third-order valence-corrected chi connectivity index (χ3v) is 4.07. The topological polar surface area (TPSA) is 119 Å². The van der Waals surface area contributed by atoms with E-state index >= 15 is 0 Å². The first kappa shape index (κ1) is 17.8. The average molecular weight is 295 g/mol. The number of methoxy groups -OCH3 is 1. The Kier molecular flexibility index (Phi) is 6.95. The molecule has 9 heteroatoms. The lowest BCUT2D eigenvalue weighted by Gasteiger charge is -2.23. The number of carbonyl (C=O) groups is 2. The van der Waals surface area contributed by atoms with Gasteiger partial charge in [0.25, 0.3) is 10.2 Å². The minimum atomic E-state index is -3.88. The number of hydrogen-bond donors (Lipinski definition) is 2. The Hall–Kier alpha value is -1.19. The van der Waals surface area contributed by atoms with E-state index in [1.54, 1.807) is 13.8 Å². The summed E-state index contributed by atoms with van der Waals surface area (Å²) in [4.78, 5) is 22.1. The van der Waals surface area contributed by atoms with Crippen LogP contribution in [-0.2, 0) is 24.5 Å².